The number of halogens is 3. The van der Waals surface area contributed by atoms with Gasteiger partial charge in [0.15, 0.2) is 11.6 Å². The molecule has 0 saturated heterocycles. The summed E-state index contributed by atoms with van der Waals surface area (Å²) in [5, 5.41) is 2.61. The summed E-state index contributed by atoms with van der Waals surface area (Å²) in [6, 6.07) is 8.29. The first-order valence-electron chi connectivity index (χ1n) is 5.74. The molecule has 0 aliphatic carbocycles. The molecule has 0 radical (unpaired) electrons. The van der Waals surface area contributed by atoms with Crippen molar-refractivity contribution in [3.63, 3.8) is 0 Å². The minimum absolute atomic E-state index is 0.103. The van der Waals surface area contributed by atoms with Crippen LogP contribution in [0.1, 0.15) is 15.9 Å². The number of rotatable bonds is 3. The van der Waals surface area contributed by atoms with Crippen LogP contribution in [-0.2, 0) is 6.54 Å². The minimum atomic E-state index is -0.940. The molecule has 0 aromatic heterocycles. The third kappa shape index (κ3) is 3.33. The first-order chi connectivity index (χ1) is 9.47. The van der Waals surface area contributed by atoms with Crippen LogP contribution < -0.4 is 11.1 Å². The summed E-state index contributed by atoms with van der Waals surface area (Å²) < 4.78 is 26.5. The van der Waals surface area contributed by atoms with Crippen LogP contribution in [0.4, 0.5) is 14.5 Å². The van der Waals surface area contributed by atoms with E-state index in [2.05, 4.69) is 21.2 Å². The summed E-state index contributed by atoms with van der Waals surface area (Å²) >= 11 is 3.24. The number of hydrogen-bond donors (Lipinski definition) is 2. The zero-order valence-corrected chi connectivity index (χ0v) is 11.9. The van der Waals surface area contributed by atoms with Gasteiger partial charge in [-0.2, -0.15) is 0 Å². The Morgan fingerprint density at radius 1 is 1.15 bits per heavy atom. The zero-order chi connectivity index (χ0) is 14.7. The fraction of sp³-hybridized carbons (Fsp3) is 0.0714. The molecule has 104 valence electrons. The number of amides is 1. The summed E-state index contributed by atoms with van der Waals surface area (Å²) in [7, 11) is 0. The number of anilines is 1. The summed E-state index contributed by atoms with van der Waals surface area (Å²) in [6.45, 7) is 0.103. The van der Waals surface area contributed by atoms with Crippen LogP contribution in [0, 0.1) is 11.6 Å². The second-order valence-electron chi connectivity index (χ2n) is 4.17. The van der Waals surface area contributed by atoms with Gasteiger partial charge in [0.05, 0.1) is 0 Å². The Bertz CT molecular complexity index is 662. The predicted molar refractivity (Wildman–Crippen MR) is 76.1 cm³/mol. The van der Waals surface area contributed by atoms with Crippen LogP contribution in [0.5, 0.6) is 0 Å². The lowest BCUT2D eigenvalue weighted by Gasteiger charge is -2.07. The van der Waals surface area contributed by atoms with Crippen molar-refractivity contribution in [3.05, 3.63) is 63.6 Å². The monoisotopic (exact) mass is 340 g/mol. The molecule has 0 fully saturated rings. The van der Waals surface area contributed by atoms with Crippen molar-refractivity contribution in [2.75, 3.05) is 5.73 Å². The summed E-state index contributed by atoms with van der Waals surface area (Å²) in [6.07, 6.45) is 0. The number of hydrogen-bond acceptors (Lipinski definition) is 2. The van der Waals surface area contributed by atoms with Gasteiger partial charge in [-0.15, -0.1) is 0 Å². The van der Waals surface area contributed by atoms with Gasteiger partial charge in [0.25, 0.3) is 5.91 Å². The highest BCUT2D eigenvalue weighted by Crippen LogP contribution is 2.20. The molecule has 0 atom stereocenters. The quantitative estimate of drug-likeness (QED) is 0.842. The van der Waals surface area contributed by atoms with Gasteiger partial charge in [-0.3, -0.25) is 4.79 Å². The van der Waals surface area contributed by atoms with E-state index in [1.807, 2.05) is 0 Å². The highest BCUT2D eigenvalue weighted by atomic mass is 79.9. The second-order valence-corrected chi connectivity index (χ2v) is 5.02. The molecule has 0 unspecified atom stereocenters. The Kier molecular flexibility index (Phi) is 4.34. The van der Waals surface area contributed by atoms with Crippen LogP contribution in [0.15, 0.2) is 40.9 Å². The van der Waals surface area contributed by atoms with E-state index in [1.165, 1.54) is 12.1 Å². The largest absolute Gasteiger partial charge is 0.398 e. The van der Waals surface area contributed by atoms with Crippen molar-refractivity contribution in [3.8, 4) is 0 Å². The van der Waals surface area contributed by atoms with Crippen LogP contribution in [0.3, 0.4) is 0 Å². The summed E-state index contributed by atoms with van der Waals surface area (Å²) in [4.78, 5) is 11.9. The van der Waals surface area contributed by atoms with Crippen molar-refractivity contribution in [1.29, 1.82) is 0 Å². The van der Waals surface area contributed by atoms with E-state index in [4.69, 9.17) is 5.73 Å². The number of nitrogen functional groups attached to an aromatic ring is 1. The van der Waals surface area contributed by atoms with Gasteiger partial charge in [-0.25, -0.2) is 8.78 Å². The summed E-state index contributed by atoms with van der Waals surface area (Å²) in [5.41, 5.74) is 7.00. The average molecular weight is 341 g/mol. The maximum Gasteiger partial charge on any atom is 0.251 e. The molecule has 20 heavy (non-hydrogen) atoms. The third-order valence-electron chi connectivity index (χ3n) is 2.70. The number of nitrogens with two attached hydrogens (primary N) is 1. The van der Waals surface area contributed by atoms with Gasteiger partial charge >= 0.3 is 0 Å². The standard InChI is InChI=1S/C14H11BrF2N2O/c15-10-3-2-9(6-13(10)18)14(20)19-7-8-1-4-11(16)12(17)5-8/h1-6H,7,18H2,(H,19,20). The lowest BCUT2D eigenvalue weighted by Crippen LogP contribution is -2.23. The Labute approximate surface area is 122 Å². The number of nitrogens with one attached hydrogen (secondary N) is 1. The molecule has 0 saturated carbocycles. The molecule has 2 aromatic rings. The first kappa shape index (κ1) is 14.5. The van der Waals surface area contributed by atoms with Crippen molar-refractivity contribution in [2.45, 2.75) is 6.54 Å². The normalized spacial score (nSPS) is 10.3. The van der Waals surface area contributed by atoms with Crippen molar-refractivity contribution in [2.24, 2.45) is 0 Å². The molecule has 2 rings (SSSR count). The molecule has 3 nitrogen and oxygen atoms in total. The van der Waals surface area contributed by atoms with Gasteiger partial charge in [-0.05, 0) is 51.8 Å². The Hall–Kier alpha value is -1.95. The molecule has 3 N–H and O–H groups in total. The van der Waals surface area contributed by atoms with Crippen LogP contribution in [-0.4, -0.2) is 5.91 Å². The van der Waals surface area contributed by atoms with E-state index in [0.29, 0.717) is 21.3 Å². The van der Waals surface area contributed by atoms with E-state index < -0.39 is 11.6 Å². The van der Waals surface area contributed by atoms with Gasteiger partial charge in [0, 0.05) is 22.3 Å². The SMILES string of the molecule is Nc1cc(C(=O)NCc2ccc(F)c(F)c2)ccc1Br. The average Bonchev–Trinajstić information content (AvgIpc) is 2.43. The maximum atomic E-state index is 13.0. The fourth-order valence-corrected chi connectivity index (χ4v) is 1.87. The lowest BCUT2D eigenvalue weighted by molar-refractivity contribution is 0.0951. The Balaban J connectivity index is 2.04. The molecule has 0 aliphatic rings. The topological polar surface area (TPSA) is 55.1 Å². The Morgan fingerprint density at radius 2 is 1.90 bits per heavy atom. The second kappa shape index (κ2) is 6.00. The smallest absolute Gasteiger partial charge is 0.251 e. The molecular formula is C14H11BrF2N2O. The van der Waals surface area contributed by atoms with Crippen molar-refractivity contribution < 1.29 is 13.6 Å². The van der Waals surface area contributed by atoms with E-state index in [1.54, 1.807) is 12.1 Å². The fourth-order valence-electron chi connectivity index (χ4n) is 1.62. The molecular weight excluding hydrogens is 330 g/mol. The Morgan fingerprint density at radius 3 is 2.55 bits per heavy atom. The minimum Gasteiger partial charge on any atom is -0.398 e. The molecule has 0 aliphatic heterocycles. The van der Waals surface area contributed by atoms with Gasteiger partial charge in [0.2, 0.25) is 0 Å². The molecule has 0 bridgehead atoms. The number of carbonyl (C=O) groups excluding carboxylic acids is 1. The van der Waals surface area contributed by atoms with E-state index in [-0.39, 0.29) is 12.5 Å². The molecule has 1 amide bonds. The maximum absolute atomic E-state index is 13.0. The zero-order valence-electron chi connectivity index (χ0n) is 10.3. The van der Waals surface area contributed by atoms with Crippen LogP contribution in [0.25, 0.3) is 0 Å². The van der Waals surface area contributed by atoms with E-state index in [9.17, 15) is 13.6 Å². The van der Waals surface area contributed by atoms with Crippen LogP contribution >= 0.6 is 15.9 Å². The number of carbonyl (C=O) groups is 1. The van der Waals surface area contributed by atoms with Gasteiger partial charge in [-0.1, -0.05) is 6.07 Å². The molecule has 0 spiro atoms. The van der Waals surface area contributed by atoms with Gasteiger partial charge in [0.1, 0.15) is 0 Å². The van der Waals surface area contributed by atoms with Crippen molar-refractivity contribution >= 4 is 27.5 Å². The van der Waals surface area contributed by atoms with Gasteiger partial charge < -0.3 is 11.1 Å². The molecule has 0 heterocycles. The molecule has 2 aromatic carbocycles. The van der Waals surface area contributed by atoms with Crippen molar-refractivity contribution in [1.82, 2.24) is 5.32 Å². The highest BCUT2D eigenvalue weighted by Gasteiger charge is 2.08. The summed E-state index contributed by atoms with van der Waals surface area (Å²) in [5.74, 6) is -2.20. The lowest BCUT2D eigenvalue weighted by atomic mass is 10.1. The van der Waals surface area contributed by atoms with Crippen LogP contribution in [0.2, 0.25) is 0 Å². The third-order valence-corrected chi connectivity index (χ3v) is 3.42. The number of benzene rings is 2. The highest BCUT2D eigenvalue weighted by molar-refractivity contribution is 9.10. The van der Waals surface area contributed by atoms with E-state index in [0.717, 1.165) is 12.1 Å². The predicted octanol–water partition coefficient (Wildman–Crippen LogP) is 3.24. The first-order valence-corrected chi connectivity index (χ1v) is 6.54. The molecule has 6 heteroatoms. The van der Waals surface area contributed by atoms with E-state index >= 15 is 0 Å².